The summed E-state index contributed by atoms with van der Waals surface area (Å²) >= 11 is 0. The third-order valence-corrected chi connectivity index (χ3v) is 3.90. The van der Waals surface area contributed by atoms with Gasteiger partial charge in [0.1, 0.15) is 0 Å². The number of ether oxygens (including phenoxy) is 2. The molecule has 20 heavy (non-hydrogen) atoms. The Kier molecular flexibility index (Phi) is 5.68. The Bertz CT molecular complexity index is 417. The lowest BCUT2D eigenvalue weighted by molar-refractivity contribution is 0.354. The van der Waals surface area contributed by atoms with Crippen molar-refractivity contribution < 1.29 is 9.47 Å². The van der Waals surface area contributed by atoms with Crippen LogP contribution >= 0.6 is 0 Å². The molecule has 2 atom stereocenters. The predicted octanol–water partition coefficient (Wildman–Crippen LogP) is 2.32. The van der Waals surface area contributed by atoms with Crippen LogP contribution < -0.4 is 20.1 Å². The van der Waals surface area contributed by atoms with Crippen molar-refractivity contribution in [3.63, 3.8) is 0 Å². The molecule has 2 rings (SSSR count). The van der Waals surface area contributed by atoms with Crippen LogP contribution in [0.2, 0.25) is 0 Å². The van der Waals surface area contributed by atoms with Gasteiger partial charge in [-0.15, -0.1) is 0 Å². The van der Waals surface area contributed by atoms with Gasteiger partial charge in [-0.3, -0.25) is 0 Å². The zero-order valence-electron chi connectivity index (χ0n) is 12.7. The standard InChI is InChI=1S/C16H26N2O2/c1-12(9-14-5-4-8-17-14)18-11-13-6-7-15(19-2)16(10-13)20-3/h6-7,10,12,14,17-18H,4-5,8-9,11H2,1-3H3. The van der Waals surface area contributed by atoms with Gasteiger partial charge >= 0.3 is 0 Å². The molecule has 4 nitrogen and oxygen atoms in total. The Labute approximate surface area is 121 Å². The first kappa shape index (κ1) is 15.1. The van der Waals surface area contributed by atoms with E-state index in [1.165, 1.54) is 31.4 Å². The minimum atomic E-state index is 0.513. The second-order valence-corrected chi connectivity index (χ2v) is 5.50. The minimum absolute atomic E-state index is 0.513. The summed E-state index contributed by atoms with van der Waals surface area (Å²) < 4.78 is 10.6. The van der Waals surface area contributed by atoms with Gasteiger partial charge < -0.3 is 20.1 Å². The van der Waals surface area contributed by atoms with Gasteiger partial charge in [0.2, 0.25) is 0 Å². The van der Waals surface area contributed by atoms with E-state index < -0.39 is 0 Å². The van der Waals surface area contributed by atoms with Gasteiger partial charge in [0.25, 0.3) is 0 Å². The van der Waals surface area contributed by atoms with Crippen LogP contribution in [0.15, 0.2) is 18.2 Å². The van der Waals surface area contributed by atoms with Crippen molar-refractivity contribution in [1.29, 1.82) is 0 Å². The third kappa shape index (κ3) is 4.12. The van der Waals surface area contributed by atoms with Crippen molar-refractivity contribution in [2.45, 2.75) is 44.8 Å². The Balaban J connectivity index is 1.83. The van der Waals surface area contributed by atoms with Crippen molar-refractivity contribution in [2.75, 3.05) is 20.8 Å². The largest absolute Gasteiger partial charge is 0.493 e. The van der Waals surface area contributed by atoms with E-state index in [4.69, 9.17) is 9.47 Å². The normalized spacial score (nSPS) is 19.9. The first-order valence-corrected chi connectivity index (χ1v) is 7.40. The van der Waals surface area contributed by atoms with Crippen molar-refractivity contribution in [1.82, 2.24) is 10.6 Å². The molecule has 1 aromatic carbocycles. The van der Waals surface area contributed by atoms with Gasteiger partial charge in [-0.1, -0.05) is 6.07 Å². The monoisotopic (exact) mass is 278 g/mol. The second kappa shape index (κ2) is 7.50. The van der Waals surface area contributed by atoms with Crippen LogP contribution in [0.25, 0.3) is 0 Å². The molecule has 112 valence electrons. The summed E-state index contributed by atoms with van der Waals surface area (Å²) in [6.07, 6.45) is 3.81. The van der Waals surface area contributed by atoms with Gasteiger partial charge in [0.05, 0.1) is 14.2 Å². The molecular weight excluding hydrogens is 252 g/mol. The first-order chi connectivity index (χ1) is 9.72. The number of benzene rings is 1. The number of methoxy groups -OCH3 is 2. The lowest BCUT2D eigenvalue weighted by Crippen LogP contribution is -2.33. The van der Waals surface area contributed by atoms with E-state index in [1.807, 2.05) is 12.1 Å². The van der Waals surface area contributed by atoms with Crippen molar-refractivity contribution >= 4 is 0 Å². The van der Waals surface area contributed by atoms with Crippen molar-refractivity contribution in [3.8, 4) is 11.5 Å². The summed E-state index contributed by atoms with van der Waals surface area (Å²) in [6, 6.07) is 7.27. The maximum Gasteiger partial charge on any atom is 0.161 e. The van der Waals surface area contributed by atoms with E-state index in [1.54, 1.807) is 14.2 Å². The fraction of sp³-hybridized carbons (Fsp3) is 0.625. The van der Waals surface area contributed by atoms with Gasteiger partial charge in [-0.05, 0) is 50.4 Å². The quantitative estimate of drug-likeness (QED) is 0.803. The van der Waals surface area contributed by atoms with E-state index in [0.29, 0.717) is 12.1 Å². The average Bonchev–Trinajstić information content (AvgIpc) is 2.97. The van der Waals surface area contributed by atoms with Crippen molar-refractivity contribution in [2.24, 2.45) is 0 Å². The molecule has 0 aromatic heterocycles. The summed E-state index contributed by atoms with van der Waals surface area (Å²) in [7, 11) is 3.33. The Morgan fingerprint density at radius 3 is 2.75 bits per heavy atom. The van der Waals surface area contributed by atoms with E-state index in [0.717, 1.165) is 18.0 Å². The molecule has 2 unspecified atom stereocenters. The number of rotatable bonds is 7. The van der Waals surface area contributed by atoms with Crippen LogP contribution in [0.4, 0.5) is 0 Å². The van der Waals surface area contributed by atoms with Crippen LogP contribution in [0.1, 0.15) is 31.7 Å². The van der Waals surface area contributed by atoms with Crippen LogP contribution in [-0.2, 0) is 6.54 Å². The third-order valence-electron chi connectivity index (χ3n) is 3.90. The van der Waals surface area contributed by atoms with Gasteiger partial charge in [-0.25, -0.2) is 0 Å². The van der Waals surface area contributed by atoms with Crippen molar-refractivity contribution in [3.05, 3.63) is 23.8 Å². The molecule has 1 saturated heterocycles. The lowest BCUT2D eigenvalue weighted by atomic mass is 10.1. The molecule has 0 spiro atoms. The molecule has 0 bridgehead atoms. The molecule has 1 aliphatic rings. The number of nitrogens with one attached hydrogen (secondary N) is 2. The summed E-state index contributed by atoms with van der Waals surface area (Å²) in [6.45, 7) is 4.28. The zero-order valence-corrected chi connectivity index (χ0v) is 12.7. The van der Waals surface area contributed by atoms with Crippen LogP contribution in [0.3, 0.4) is 0 Å². The lowest BCUT2D eigenvalue weighted by Gasteiger charge is -2.18. The van der Waals surface area contributed by atoms with Crippen LogP contribution in [0.5, 0.6) is 11.5 Å². The SMILES string of the molecule is COc1ccc(CNC(C)CC2CCCN2)cc1OC. The highest BCUT2D eigenvalue weighted by Crippen LogP contribution is 2.27. The topological polar surface area (TPSA) is 42.5 Å². The summed E-state index contributed by atoms with van der Waals surface area (Å²) in [5.41, 5.74) is 1.22. The van der Waals surface area contributed by atoms with E-state index in [-0.39, 0.29) is 0 Å². The maximum atomic E-state index is 5.33. The minimum Gasteiger partial charge on any atom is -0.493 e. The molecular formula is C16H26N2O2. The fourth-order valence-corrected chi connectivity index (χ4v) is 2.75. The fourth-order valence-electron chi connectivity index (χ4n) is 2.75. The number of hydrogen-bond acceptors (Lipinski definition) is 4. The second-order valence-electron chi connectivity index (χ2n) is 5.50. The van der Waals surface area contributed by atoms with E-state index in [2.05, 4.69) is 23.6 Å². The highest BCUT2D eigenvalue weighted by Gasteiger charge is 2.16. The van der Waals surface area contributed by atoms with Gasteiger partial charge in [-0.2, -0.15) is 0 Å². The highest BCUT2D eigenvalue weighted by atomic mass is 16.5. The first-order valence-electron chi connectivity index (χ1n) is 7.40. The van der Waals surface area contributed by atoms with Gasteiger partial charge in [0, 0.05) is 18.6 Å². The molecule has 1 fully saturated rings. The molecule has 0 aliphatic carbocycles. The highest BCUT2D eigenvalue weighted by molar-refractivity contribution is 5.42. The molecule has 1 aliphatic heterocycles. The molecule has 0 amide bonds. The van der Waals surface area contributed by atoms with E-state index >= 15 is 0 Å². The van der Waals surface area contributed by atoms with Crippen LogP contribution in [0, 0.1) is 0 Å². The van der Waals surface area contributed by atoms with Crippen LogP contribution in [-0.4, -0.2) is 32.8 Å². The molecule has 4 heteroatoms. The van der Waals surface area contributed by atoms with E-state index in [9.17, 15) is 0 Å². The molecule has 2 N–H and O–H groups in total. The Morgan fingerprint density at radius 2 is 2.10 bits per heavy atom. The summed E-state index contributed by atoms with van der Waals surface area (Å²) in [5.74, 6) is 1.57. The molecule has 0 saturated carbocycles. The molecule has 1 aromatic rings. The molecule has 1 heterocycles. The predicted molar refractivity (Wildman–Crippen MR) is 81.5 cm³/mol. The van der Waals surface area contributed by atoms with Gasteiger partial charge in [0.15, 0.2) is 11.5 Å². The summed E-state index contributed by atoms with van der Waals surface area (Å²) in [4.78, 5) is 0. The Hall–Kier alpha value is -1.26. The zero-order chi connectivity index (χ0) is 14.4. The maximum absolute atomic E-state index is 5.33. The molecule has 0 radical (unpaired) electrons. The smallest absolute Gasteiger partial charge is 0.161 e. The summed E-state index contributed by atoms with van der Waals surface area (Å²) in [5, 5.41) is 7.12. The Morgan fingerprint density at radius 1 is 1.30 bits per heavy atom. The number of hydrogen-bond donors (Lipinski definition) is 2. The average molecular weight is 278 g/mol.